The smallest absolute Gasteiger partial charge is 0.254 e. The Hall–Kier alpha value is -3.99. The van der Waals surface area contributed by atoms with Gasteiger partial charge >= 0.3 is 0 Å². The number of aryl methyl sites for hydroxylation is 1. The van der Waals surface area contributed by atoms with E-state index in [1.165, 1.54) is 18.2 Å². The molecule has 0 saturated heterocycles. The zero-order chi connectivity index (χ0) is 21.9. The van der Waals surface area contributed by atoms with Crippen LogP contribution in [0.15, 0.2) is 36.7 Å². The number of hydrogen-bond acceptors (Lipinski definition) is 4. The predicted octanol–water partition coefficient (Wildman–Crippen LogP) is 3.71. The van der Waals surface area contributed by atoms with Crippen LogP contribution in [-0.2, 0) is 13.6 Å². The van der Waals surface area contributed by atoms with Crippen molar-refractivity contribution >= 4 is 16.9 Å². The van der Waals surface area contributed by atoms with Gasteiger partial charge in [-0.1, -0.05) is 6.92 Å². The van der Waals surface area contributed by atoms with Crippen LogP contribution in [0, 0.1) is 17.1 Å². The Morgan fingerprint density at radius 3 is 2.84 bits per heavy atom. The van der Waals surface area contributed by atoms with Crippen LogP contribution >= 0.6 is 0 Å². The molecule has 1 aliphatic rings. The second-order valence-corrected chi connectivity index (χ2v) is 7.88. The van der Waals surface area contributed by atoms with Crippen LogP contribution in [0.1, 0.15) is 45.7 Å². The molecule has 1 atom stereocenters. The normalized spacial score (nSPS) is 15.9. The minimum atomic E-state index is -0.389. The number of pyridine rings is 1. The monoisotopic (exact) mass is 414 g/mol. The first-order chi connectivity index (χ1) is 14.9. The molecule has 1 aliphatic heterocycles. The van der Waals surface area contributed by atoms with Crippen LogP contribution in [0.25, 0.3) is 22.2 Å². The number of rotatable bonds is 0. The van der Waals surface area contributed by atoms with E-state index in [2.05, 4.69) is 21.1 Å². The number of fused-ring (bicyclic) bond motifs is 4. The van der Waals surface area contributed by atoms with Gasteiger partial charge in [0, 0.05) is 54.5 Å². The average Bonchev–Trinajstić information content (AvgIpc) is 3.32. The molecule has 2 bridgehead atoms. The summed E-state index contributed by atoms with van der Waals surface area (Å²) < 4.78 is 15.8. The number of aromatic amines is 1. The van der Waals surface area contributed by atoms with Gasteiger partial charge in [0.1, 0.15) is 17.5 Å². The fraction of sp³-hybridized carbons (Fsp3) is 0.217. The number of halogens is 1. The van der Waals surface area contributed by atoms with Gasteiger partial charge in [0.25, 0.3) is 5.91 Å². The molecule has 8 heteroatoms. The zero-order valence-corrected chi connectivity index (χ0v) is 17.3. The quantitative estimate of drug-likeness (QED) is 0.475. The molecule has 0 aliphatic carbocycles. The molecule has 5 rings (SSSR count). The Morgan fingerprint density at radius 2 is 2.06 bits per heavy atom. The molecular formula is C23H19FN6O. The van der Waals surface area contributed by atoms with Gasteiger partial charge in [-0.2, -0.15) is 10.4 Å². The molecule has 1 unspecified atom stereocenters. The fourth-order valence-corrected chi connectivity index (χ4v) is 4.40. The number of hydrogen-bond donors (Lipinski definition) is 1. The molecular weight excluding hydrogens is 395 g/mol. The van der Waals surface area contributed by atoms with Crippen molar-refractivity contribution < 1.29 is 9.18 Å². The number of aromatic nitrogens is 4. The van der Waals surface area contributed by atoms with E-state index in [0.29, 0.717) is 22.3 Å². The molecule has 0 radical (unpaired) electrons. The topological polar surface area (TPSA) is 90.6 Å². The summed E-state index contributed by atoms with van der Waals surface area (Å²) in [7, 11) is 3.45. The zero-order valence-electron chi connectivity index (χ0n) is 17.3. The van der Waals surface area contributed by atoms with Crippen molar-refractivity contribution in [2.45, 2.75) is 19.4 Å². The third kappa shape index (κ3) is 2.81. The maximum atomic E-state index is 14.2. The van der Waals surface area contributed by atoms with Crippen LogP contribution < -0.4 is 0 Å². The molecule has 31 heavy (non-hydrogen) atoms. The summed E-state index contributed by atoms with van der Waals surface area (Å²) in [6.07, 6.45) is 3.55. The van der Waals surface area contributed by atoms with Gasteiger partial charge in [0.15, 0.2) is 5.69 Å². The number of amides is 1. The first-order valence-electron chi connectivity index (χ1n) is 9.87. The van der Waals surface area contributed by atoms with Crippen molar-refractivity contribution in [1.82, 2.24) is 24.6 Å². The first kappa shape index (κ1) is 19.0. The molecule has 3 aromatic heterocycles. The van der Waals surface area contributed by atoms with E-state index in [9.17, 15) is 14.4 Å². The highest BCUT2D eigenvalue weighted by molar-refractivity contribution is 5.96. The lowest BCUT2D eigenvalue weighted by molar-refractivity contribution is 0.0781. The van der Waals surface area contributed by atoms with E-state index in [-0.39, 0.29) is 29.9 Å². The molecule has 154 valence electrons. The van der Waals surface area contributed by atoms with Crippen molar-refractivity contribution in [2.75, 3.05) is 7.05 Å². The van der Waals surface area contributed by atoms with Gasteiger partial charge in [-0.15, -0.1) is 0 Å². The SMILES string of the molecule is CC1c2cc(F)ccc2C(=O)N(C)Cc2c(c(C#N)nn2C)-c2cnc3[nH]cc1c3c2. The van der Waals surface area contributed by atoms with E-state index < -0.39 is 0 Å². The molecule has 0 spiro atoms. The third-order valence-electron chi connectivity index (χ3n) is 6.03. The minimum absolute atomic E-state index is 0.221. The fourth-order valence-electron chi connectivity index (χ4n) is 4.40. The second kappa shape index (κ2) is 6.77. The van der Waals surface area contributed by atoms with Crippen molar-refractivity contribution in [1.29, 1.82) is 5.26 Å². The molecule has 4 heterocycles. The van der Waals surface area contributed by atoms with Crippen LogP contribution in [0.2, 0.25) is 0 Å². The predicted molar refractivity (Wildman–Crippen MR) is 113 cm³/mol. The number of benzene rings is 1. The lowest BCUT2D eigenvalue weighted by Crippen LogP contribution is -2.29. The molecule has 4 aromatic rings. The number of nitrogens with zero attached hydrogens (tertiary/aromatic N) is 5. The van der Waals surface area contributed by atoms with Crippen LogP contribution in [0.3, 0.4) is 0 Å². The van der Waals surface area contributed by atoms with Crippen LogP contribution in [0.4, 0.5) is 4.39 Å². The van der Waals surface area contributed by atoms with Gasteiger partial charge in [-0.05, 0) is 35.4 Å². The lowest BCUT2D eigenvalue weighted by Gasteiger charge is -2.23. The van der Waals surface area contributed by atoms with Crippen molar-refractivity contribution in [3.63, 3.8) is 0 Å². The van der Waals surface area contributed by atoms with Crippen molar-refractivity contribution in [3.8, 4) is 17.2 Å². The maximum Gasteiger partial charge on any atom is 0.254 e. The summed E-state index contributed by atoms with van der Waals surface area (Å²) in [5.41, 5.74) is 5.07. The van der Waals surface area contributed by atoms with E-state index in [0.717, 1.165) is 22.2 Å². The van der Waals surface area contributed by atoms with Crippen LogP contribution in [-0.4, -0.2) is 37.6 Å². The highest BCUT2D eigenvalue weighted by Crippen LogP contribution is 2.36. The van der Waals surface area contributed by atoms with Crippen molar-refractivity contribution in [3.05, 3.63) is 70.6 Å². The van der Waals surface area contributed by atoms with Gasteiger partial charge in [-0.3, -0.25) is 9.48 Å². The number of H-pyrrole nitrogens is 1. The summed E-state index contributed by atoms with van der Waals surface area (Å²) in [5, 5.41) is 14.9. The van der Waals surface area contributed by atoms with Gasteiger partial charge in [-0.25, -0.2) is 9.37 Å². The van der Waals surface area contributed by atoms with E-state index in [4.69, 9.17) is 0 Å². The summed E-state index contributed by atoms with van der Waals surface area (Å²) >= 11 is 0. The molecule has 1 amide bonds. The van der Waals surface area contributed by atoms with E-state index in [1.54, 1.807) is 29.9 Å². The Kier molecular flexibility index (Phi) is 4.15. The van der Waals surface area contributed by atoms with Gasteiger partial charge < -0.3 is 9.88 Å². The Morgan fingerprint density at radius 1 is 1.26 bits per heavy atom. The number of carbonyl (C=O) groups is 1. The minimum Gasteiger partial charge on any atom is -0.346 e. The summed E-state index contributed by atoms with van der Waals surface area (Å²) in [4.78, 5) is 22.7. The molecule has 7 nitrogen and oxygen atoms in total. The van der Waals surface area contributed by atoms with Gasteiger partial charge in [0.05, 0.1) is 12.2 Å². The molecule has 1 N–H and O–H groups in total. The summed E-state index contributed by atoms with van der Waals surface area (Å²) in [6.45, 7) is 2.19. The van der Waals surface area contributed by atoms with Gasteiger partial charge in [0.2, 0.25) is 0 Å². The first-order valence-corrected chi connectivity index (χ1v) is 9.87. The second-order valence-electron chi connectivity index (χ2n) is 7.88. The lowest BCUT2D eigenvalue weighted by atomic mass is 9.88. The third-order valence-corrected chi connectivity index (χ3v) is 6.03. The Bertz CT molecular complexity index is 1410. The highest BCUT2D eigenvalue weighted by Gasteiger charge is 2.27. The highest BCUT2D eigenvalue weighted by atomic mass is 19.1. The van der Waals surface area contributed by atoms with Crippen LogP contribution in [0.5, 0.6) is 0 Å². The Balaban J connectivity index is 1.87. The van der Waals surface area contributed by atoms with E-state index in [1.807, 2.05) is 19.2 Å². The maximum absolute atomic E-state index is 14.2. The molecule has 0 fully saturated rings. The Labute approximate surface area is 177 Å². The van der Waals surface area contributed by atoms with Crippen molar-refractivity contribution in [2.24, 2.45) is 7.05 Å². The molecule has 0 saturated carbocycles. The number of nitrogens with one attached hydrogen (secondary N) is 1. The van der Waals surface area contributed by atoms with E-state index >= 15 is 0 Å². The number of nitriles is 1. The average molecular weight is 414 g/mol. The molecule has 1 aromatic carbocycles. The summed E-state index contributed by atoms with van der Waals surface area (Å²) in [5.74, 6) is -0.863. The largest absolute Gasteiger partial charge is 0.346 e. The number of carbonyl (C=O) groups excluding carboxylic acids is 1. The standard InChI is InChI=1S/C23H19FN6O/c1-12-16-7-14(24)4-5-15(16)23(31)29(2)11-20-21(19(8-25)28-30(20)3)13-6-17-18(12)10-27-22(17)26-9-13/h4-7,9-10,12H,11H2,1-3H3,(H,26,27). The summed E-state index contributed by atoms with van der Waals surface area (Å²) in [6, 6.07) is 8.41.